The lowest BCUT2D eigenvalue weighted by Crippen LogP contribution is -2.17. The number of H-pyrrole nitrogens is 1. The molecule has 2 N–H and O–H groups in total. The second kappa shape index (κ2) is 7.17. The average molecular weight is 324 g/mol. The fourth-order valence-corrected chi connectivity index (χ4v) is 2.34. The predicted octanol–water partition coefficient (Wildman–Crippen LogP) is 2.27. The lowest BCUT2D eigenvalue weighted by atomic mass is 10.1. The van der Waals surface area contributed by atoms with Gasteiger partial charge < -0.3 is 19.6 Å². The second-order valence-electron chi connectivity index (χ2n) is 4.49. The summed E-state index contributed by atoms with van der Waals surface area (Å²) in [5.41, 5.74) is 4.16. The van der Waals surface area contributed by atoms with E-state index >= 15 is 0 Å². The zero-order valence-electron chi connectivity index (χ0n) is 13.1. The highest BCUT2D eigenvalue weighted by Gasteiger charge is 2.12. The summed E-state index contributed by atoms with van der Waals surface area (Å²) < 4.78 is 18.3. The molecule has 0 saturated heterocycles. The van der Waals surface area contributed by atoms with E-state index in [1.54, 1.807) is 32.1 Å². The predicted molar refractivity (Wildman–Crippen MR) is 86.0 cm³/mol. The molecule has 0 fully saturated rings. The molecular weight excluding hydrogens is 304 g/mol. The molecule has 2 rings (SSSR count). The maximum atomic E-state index is 5.41. The van der Waals surface area contributed by atoms with Crippen LogP contribution in [-0.4, -0.2) is 36.2 Å². The molecule has 0 atom stereocenters. The van der Waals surface area contributed by atoms with Crippen LogP contribution in [0.15, 0.2) is 12.1 Å². The Labute approximate surface area is 134 Å². The van der Waals surface area contributed by atoms with Crippen molar-refractivity contribution in [3.8, 4) is 17.2 Å². The molecule has 1 heterocycles. The second-order valence-corrected chi connectivity index (χ2v) is 4.87. The summed E-state index contributed by atoms with van der Waals surface area (Å²) in [4.78, 5) is 0. The zero-order chi connectivity index (χ0) is 16.1. The van der Waals surface area contributed by atoms with Gasteiger partial charge in [-0.15, -0.1) is 0 Å². The monoisotopic (exact) mass is 324 g/mol. The molecule has 0 amide bonds. The van der Waals surface area contributed by atoms with Crippen LogP contribution in [0.3, 0.4) is 0 Å². The van der Waals surface area contributed by atoms with Gasteiger partial charge in [0.15, 0.2) is 17.3 Å². The molecular formula is C14H20N4O3S. The van der Waals surface area contributed by atoms with Crippen LogP contribution < -0.4 is 19.6 Å². The molecule has 1 aromatic heterocycles. The van der Waals surface area contributed by atoms with Crippen molar-refractivity contribution in [1.82, 2.24) is 14.9 Å². The minimum absolute atomic E-state index is 0.504. The van der Waals surface area contributed by atoms with Crippen LogP contribution in [0.25, 0.3) is 0 Å². The Bertz CT molecular complexity index is 696. The Morgan fingerprint density at radius 1 is 1.14 bits per heavy atom. The molecule has 120 valence electrons. The van der Waals surface area contributed by atoms with Crippen molar-refractivity contribution >= 4 is 12.2 Å². The summed E-state index contributed by atoms with van der Waals surface area (Å²) in [6, 6.07) is 3.67. The molecule has 8 heteroatoms. The molecule has 0 aliphatic carbocycles. The Hall–Kier alpha value is -2.22. The first-order chi connectivity index (χ1) is 10.6. The van der Waals surface area contributed by atoms with Gasteiger partial charge in [0.2, 0.25) is 4.77 Å². The zero-order valence-corrected chi connectivity index (χ0v) is 13.9. The molecule has 0 aliphatic heterocycles. The van der Waals surface area contributed by atoms with Gasteiger partial charge in [0.05, 0.1) is 27.9 Å². The third-order valence-corrected chi connectivity index (χ3v) is 3.55. The normalized spacial score (nSPS) is 10.4. The van der Waals surface area contributed by atoms with E-state index in [1.165, 1.54) is 0 Å². The Kier molecular flexibility index (Phi) is 5.26. The summed E-state index contributed by atoms with van der Waals surface area (Å²) in [5.74, 6) is 2.81. The first-order valence-electron chi connectivity index (χ1n) is 6.83. The standard InChI is InChI=1S/C14H20N4O3S/c1-5-13-16-17-14(22)18(13)15-8-9-6-11(20-3)12(21-4)7-10(9)19-2/h6-7,15H,5,8H2,1-4H3,(H,17,22). The van der Waals surface area contributed by atoms with E-state index < -0.39 is 0 Å². The maximum Gasteiger partial charge on any atom is 0.214 e. The number of hydrogen-bond donors (Lipinski definition) is 2. The minimum Gasteiger partial charge on any atom is -0.496 e. The van der Waals surface area contributed by atoms with E-state index in [4.69, 9.17) is 26.4 Å². The van der Waals surface area contributed by atoms with Crippen molar-refractivity contribution in [1.29, 1.82) is 0 Å². The molecule has 2 aromatic rings. The number of benzene rings is 1. The molecule has 0 aliphatic rings. The van der Waals surface area contributed by atoms with Gasteiger partial charge in [-0.05, 0) is 18.3 Å². The highest BCUT2D eigenvalue weighted by Crippen LogP contribution is 2.34. The molecule has 7 nitrogen and oxygen atoms in total. The third-order valence-electron chi connectivity index (χ3n) is 3.27. The average Bonchev–Trinajstić information content (AvgIpc) is 2.91. The van der Waals surface area contributed by atoms with Crippen LogP contribution in [0.2, 0.25) is 0 Å². The van der Waals surface area contributed by atoms with E-state index in [2.05, 4.69) is 15.6 Å². The van der Waals surface area contributed by atoms with Gasteiger partial charge in [0.1, 0.15) is 5.75 Å². The molecule has 0 radical (unpaired) electrons. The highest BCUT2D eigenvalue weighted by molar-refractivity contribution is 7.71. The molecule has 0 spiro atoms. The van der Waals surface area contributed by atoms with Gasteiger partial charge in [0.25, 0.3) is 0 Å². The lowest BCUT2D eigenvalue weighted by Gasteiger charge is -2.15. The third kappa shape index (κ3) is 3.16. The lowest BCUT2D eigenvalue weighted by molar-refractivity contribution is 0.347. The van der Waals surface area contributed by atoms with Gasteiger partial charge in [0, 0.05) is 18.1 Å². The van der Waals surface area contributed by atoms with Crippen molar-refractivity contribution in [2.75, 3.05) is 26.8 Å². The van der Waals surface area contributed by atoms with Crippen LogP contribution in [0.4, 0.5) is 0 Å². The minimum atomic E-state index is 0.504. The fraction of sp³-hybridized carbons (Fsp3) is 0.429. The van der Waals surface area contributed by atoms with Gasteiger partial charge in [-0.2, -0.15) is 5.10 Å². The summed E-state index contributed by atoms with van der Waals surface area (Å²) in [7, 11) is 4.81. The van der Waals surface area contributed by atoms with Crippen LogP contribution in [0, 0.1) is 4.77 Å². The molecule has 1 aromatic carbocycles. The Balaban J connectivity index is 2.28. The first kappa shape index (κ1) is 16.2. The van der Waals surface area contributed by atoms with Crippen molar-refractivity contribution < 1.29 is 14.2 Å². The number of hydrogen-bond acceptors (Lipinski definition) is 6. The first-order valence-corrected chi connectivity index (χ1v) is 7.24. The number of nitrogens with zero attached hydrogens (tertiary/aromatic N) is 2. The summed E-state index contributed by atoms with van der Waals surface area (Å²) in [6.07, 6.45) is 0.767. The van der Waals surface area contributed by atoms with Gasteiger partial charge >= 0.3 is 0 Å². The highest BCUT2D eigenvalue weighted by atomic mass is 32.1. The number of aromatic amines is 1. The number of aryl methyl sites for hydroxylation is 1. The fourth-order valence-electron chi connectivity index (χ4n) is 2.12. The van der Waals surface area contributed by atoms with Gasteiger partial charge in [-0.3, -0.25) is 5.10 Å². The van der Waals surface area contributed by atoms with Crippen LogP contribution in [0.5, 0.6) is 17.2 Å². The van der Waals surface area contributed by atoms with Gasteiger partial charge in [-0.1, -0.05) is 6.92 Å². The van der Waals surface area contributed by atoms with Gasteiger partial charge in [-0.25, -0.2) is 4.68 Å². The van der Waals surface area contributed by atoms with E-state index in [9.17, 15) is 0 Å². The smallest absolute Gasteiger partial charge is 0.214 e. The maximum absolute atomic E-state index is 5.41. The van der Waals surface area contributed by atoms with E-state index in [0.29, 0.717) is 28.6 Å². The Morgan fingerprint density at radius 2 is 1.77 bits per heavy atom. The van der Waals surface area contributed by atoms with E-state index in [0.717, 1.165) is 17.8 Å². The van der Waals surface area contributed by atoms with Crippen LogP contribution in [0.1, 0.15) is 18.3 Å². The summed E-state index contributed by atoms with van der Waals surface area (Å²) in [6.45, 7) is 2.52. The van der Waals surface area contributed by atoms with Crippen molar-refractivity contribution in [3.05, 3.63) is 28.3 Å². The number of aromatic nitrogens is 3. The molecule has 0 bridgehead atoms. The summed E-state index contributed by atoms with van der Waals surface area (Å²) >= 11 is 5.21. The van der Waals surface area contributed by atoms with Crippen molar-refractivity contribution in [2.45, 2.75) is 19.9 Å². The number of ether oxygens (including phenoxy) is 3. The number of rotatable bonds is 7. The van der Waals surface area contributed by atoms with Crippen molar-refractivity contribution in [2.24, 2.45) is 0 Å². The molecule has 0 saturated carbocycles. The van der Waals surface area contributed by atoms with Crippen LogP contribution >= 0.6 is 12.2 Å². The largest absolute Gasteiger partial charge is 0.496 e. The number of nitrogens with one attached hydrogen (secondary N) is 2. The topological polar surface area (TPSA) is 73.3 Å². The Morgan fingerprint density at radius 3 is 2.36 bits per heavy atom. The summed E-state index contributed by atoms with van der Waals surface area (Å²) in [5, 5.41) is 6.93. The van der Waals surface area contributed by atoms with E-state index in [-0.39, 0.29) is 0 Å². The molecule has 0 unspecified atom stereocenters. The number of methoxy groups -OCH3 is 3. The van der Waals surface area contributed by atoms with E-state index in [1.807, 2.05) is 13.0 Å². The molecule has 22 heavy (non-hydrogen) atoms. The quantitative estimate of drug-likeness (QED) is 0.761. The van der Waals surface area contributed by atoms with Crippen LogP contribution in [-0.2, 0) is 13.0 Å². The van der Waals surface area contributed by atoms with Crippen molar-refractivity contribution in [3.63, 3.8) is 0 Å². The SMILES string of the molecule is CCc1n[nH]c(=S)n1NCc1cc(OC)c(OC)cc1OC.